The quantitative estimate of drug-likeness (QED) is 0.730. The van der Waals surface area contributed by atoms with Crippen LogP contribution in [0.1, 0.15) is 36.0 Å². The molecule has 2 aromatic carbocycles. The van der Waals surface area contributed by atoms with E-state index < -0.39 is 5.60 Å². The summed E-state index contributed by atoms with van der Waals surface area (Å²) in [4.78, 5) is 2.43. The molecule has 0 saturated carbocycles. The lowest BCUT2D eigenvalue weighted by atomic mass is 9.84. The number of hydrogen-bond acceptors (Lipinski definition) is 3. The summed E-state index contributed by atoms with van der Waals surface area (Å²) in [7, 11) is 1.71. The van der Waals surface area contributed by atoms with E-state index in [1.54, 1.807) is 7.11 Å². The van der Waals surface area contributed by atoms with Crippen molar-refractivity contribution >= 4 is 29.3 Å². The molecule has 3 nitrogen and oxygen atoms in total. The molecule has 1 saturated heterocycles. The number of aliphatic hydroxyl groups is 1. The van der Waals surface area contributed by atoms with Gasteiger partial charge in [-0.1, -0.05) is 47.0 Å². The first-order valence-corrected chi connectivity index (χ1v) is 10.5. The summed E-state index contributed by atoms with van der Waals surface area (Å²) < 4.78 is 5.49. The Bertz CT molecular complexity index is 884. The number of methoxy groups -OCH3 is 1. The minimum absolute atomic E-state index is 0.699. The lowest BCUT2D eigenvalue weighted by Gasteiger charge is -2.39. The molecule has 5 heteroatoms. The van der Waals surface area contributed by atoms with E-state index in [0.29, 0.717) is 5.02 Å². The number of halogens is 2. The summed E-state index contributed by atoms with van der Waals surface area (Å²) in [6, 6.07) is 11.4. The number of likely N-dealkylation sites (tertiary alicyclic amines) is 1. The number of nitrogens with zero attached hydrogens (tertiary/aromatic N) is 1. The van der Waals surface area contributed by atoms with Crippen molar-refractivity contribution in [3.05, 3.63) is 68.7 Å². The maximum Gasteiger partial charge on any atom is 0.122 e. The van der Waals surface area contributed by atoms with Gasteiger partial charge in [0.15, 0.2) is 0 Å². The van der Waals surface area contributed by atoms with E-state index in [2.05, 4.69) is 11.0 Å². The van der Waals surface area contributed by atoms with E-state index in [1.807, 2.05) is 36.4 Å². The number of ether oxygens (including phenoxy) is 1. The van der Waals surface area contributed by atoms with Gasteiger partial charge in [-0.3, -0.25) is 4.90 Å². The first-order chi connectivity index (χ1) is 13.5. The normalized spacial score (nSPS) is 19.1. The molecule has 0 bridgehead atoms. The fourth-order valence-electron chi connectivity index (χ4n) is 4.32. The van der Waals surface area contributed by atoms with Gasteiger partial charge in [0, 0.05) is 35.2 Å². The van der Waals surface area contributed by atoms with Gasteiger partial charge in [-0.25, -0.2) is 0 Å². The highest BCUT2D eigenvalue weighted by molar-refractivity contribution is 6.32. The van der Waals surface area contributed by atoms with Gasteiger partial charge < -0.3 is 9.84 Å². The fraction of sp³-hybridized carbons (Fsp3) is 0.391. The van der Waals surface area contributed by atoms with Crippen LogP contribution in [0.2, 0.25) is 10.0 Å². The van der Waals surface area contributed by atoms with Gasteiger partial charge in [0.2, 0.25) is 0 Å². The van der Waals surface area contributed by atoms with Crippen molar-refractivity contribution in [3.8, 4) is 5.75 Å². The molecule has 2 aromatic rings. The maximum atomic E-state index is 11.1. The lowest BCUT2D eigenvalue weighted by molar-refractivity contribution is -0.0239. The molecule has 1 fully saturated rings. The number of hydrogen-bond donors (Lipinski definition) is 1. The second-order valence-corrected chi connectivity index (χ2v) is 8.60. The standard InChI is InChI=1S/C23H25Cl2NO2/c1-28-22-9-8-21(25)20-14-16(2-7-19(20)22)15-26-12-10-23(27,11-13-26)17-3-5-18(24)6-4-17/h3-6,8-9,14,27H,2,7,10-13,15H2,1H3. The monoisotopic (exact) mass is 417 g/mol. The molecular weight excluding hydrogens is 393 g/mol. The molecule has 1 N–H and O–H groups in total. The lowest BCUT2D eigenvalue weighted by Crippen LogP contribution is -2.43. The third kappa shape index (κ3) is 3.95. The summed E-state index contributed by atoms with van der Waals surface area (Å²) in [5.41, 5.74) is 3.89. The van der Waals surface area contributed by atoms with Gasteiger partial charge in [0.1, 0.15) is 5.75 Å². The summed E-state index contributed by atoms with van der Waals surface area (Å²) >= 11 is 12.4. The van der Waals surface area contributed by atoms with Gasteiger partial charge in [-0.15, -0.1) is 0 Å². The Morgan fingerprint density at radius 3 is 2.43 bits per heavy atom. The average molecular weight is 418 g/mol. The highest BCUT2D eigenvalue weighted by atomic mass is 35.5. The van der Waals surface area contributed by atoms with Crippen LogP contribution in [0.4, 0.5) is 0 Å². The van der Waals surface area contributed by atoms with Crippen molar-refractivity contribution in [2.45, 2.75) is 31.3 Å². The maximum absolute atomic E-state index is 11.1. The number of benzene rings is 2. The van der Waals surface area contributed by atoms with Crippen LogP contribution in [0.3, 0.4) is 0 Å². The molecule has 0 atom stereocenters. The molecule has 28 heavy (non-hydrogen) atoms. The van der Waals surface area contributed by atoms with Crippen molar-refractivity contribution in [2.24, 2.45) is 0 Å². The first-order valence-electron chi connectivity index (χ1n) is 9.74. The van der Waals surface area contributed by atoms with Crippen LogP contribution < -0.4 is 4.74 Å². The largest absolute Gasteiger partial charge is 0.496 e. The van der Waals surface area contributed by atoms with Crippen LogP contribution in [-0.2, 0) is 12.0 Å². The Morgan fingerprint density at radius 1 is 1.04 bits per heavy atom. The van der Waals surface area contributed by atoms with Crippen molar-refractivity contribution in [3.63, 3.8) is 0 Å². The summed E-state index contributed by atoms with van der Waals surface area (Å²) in [6.07, 6.45) is 5.65. The molecule has 0 spiro atoms. The van der Waals surface area contributed by atoms with E-state index in [9.17, 15) is 5.11 Å². The second-order valence-electron chi connectivity index (χ2n) is 7.76. The first kappa shape index (κ1) is 19.8. The van der Waals surface area contributed by atoms with Crippen LogP contribution in [0, 0.1) is 0 Å². The molecule has 0 radical (unpaired) electrons. The Morgan fingerprint density at radius 2 is 1.75 bits per heavy atom. The smallest absolute Gasteiger partial charge is 0.122 e. The van der Waals surface area contributed by atoms with Gasteiger partial charge in [0.25, 0.3) is 0 Å². The highest BCUT2D eigenvalue weighted by Gasteiger charge is 2.34. The van der Waals surface area contributed by atoms with Gasteiger partial charge >= 0.3 is 0 Å². The molecule has 0 amide bonds. The zero-order valence-corrected chi connectivity index (χ0v) is 17.6. The molecule has 0 aromatic heterocycles. The molecule has 4 rings (SSSR count). The fourth-order valence-corrected chi connectivity index (χ4v) is 4.68. The van der Waals surface area contributed by atoms with Gasteiger partial charge in [-0.05, 0) is 61.1 Å². The highest BCUT2D eigenvalue weighted by Crippen LogP contribution is 2.37. The van der Waals surface area contributed by atoms with Crippen LogP contribution in [0.25, 0.3) is 6.08 Å². The molecule has 1 heterocycles. The molecule has 0 unspecified atom stereocenters. The van der Waals surface area contributed by atoms with Crippen molar-refractivity contribution < 1.29 is 9.84 Å². The number of rotatable bonds is 4. The van der Waals surface area contributed by atoms with Crippen LogP contribution in [0.15, 0.2) is 42.0 Å². The second kappa shape index (κ2) is 8.08. The van der Waals surface area contributed by atoms with E-state index in [0.717, 1.165) is 67.2 Å². The molecular formula is C23H25Cl2NO2. The minimum Gasteiger partial charge on any atom is -0.496 e. The van der Waals surface area contributed by atoms with Crippen molar-refractivity contribution in [2.75, 3.05) is 26.7 Å². The van der Waals surface area contributed by atoms with Crippen molar-refractivity contribution in [1.82, 2.24) is 4.90 Å². The number of fused-ring (bicyclic) bond motifs is 1. The zero-order chi connectivity index (χ0) is 19.7. The molecule has 2 aliphatic rings. The third-order valence-electron chi connectivity index (χ3n) is 6.02. The summed E-state index contributed by atoms with van der Waals surface area (Å²) in [5, 5.41) is 12.5. The predicted molar refractivity (Wildman–Crippen MR) is 115 cm³/mol. The Kier molecular flexibility index (Phi) is 5.71. The van der Waals surface area contributed by atoms with Gasteiger partial charge in [0.05, 0.1) is 12.7 Å². The van der Waals surface area contributed by atoms with E-state index >= 15 is 0 Å². The zero-order valence-electron chi connectivity index (χ0n) is 16.0. The van der Waals surface area contributed by atoms with E-state index in [1.165, 1.54) is 11.1 Å². The molecule has 1 aliphatic heterocycles. The number of piperidine rings is 1. The van der Waals surface area contributed by atoms with Gasteiger partial charge in [-0.2, -0.15) is 0 Å². The van der Waals surface area contributed by atoms with E-state index in [-0.39, 0.29) is 0 Å². The van der Waals surface area contributed by atoms with Crippen LogP contribution in [0.5, 0.6) is 5.75 Å². The van der Waals surface area contributed by atoms with Crippen LogP contribution >= 0.6 is 23.2 Å². The molecule has 1 aliphatic carbocycles. The van der Waals surface area contributed by atoms with Crippen molar-refractivity contribution in [1.29, 1.82) is 0 Å². The SMILES string of the molecule is COc1ccc(Cl)c2c1CCC(CN1CCC(O)(c3ccc(Cl)cc3)CC1)=C2. The Hall–Kier alpha value is -1.52. The Balaban J connectivity index is 1.44. The minimum atomic E-state index is -0.759. The third-order valence-corrected chi connectivity index (χ3v) is 6.60. The van der Waals surface area contributed by atoms with E-state index in [4.69, 9.17) is 27.9 Å². The summed E-state index contributed by atoms with van der Waals surface area (Å²) in [6.45, 7) is 2.66. The Labute approximate surface area is 176 Å². The van der Waals surface area contributed by atoms with Crippen LogP contribution in [-0.4, -0.2) is 36.8 Å². The molecule has 148 valence electrons. The predicted octanol–water partition coefficient (Wildman–Crippen LogP) is 5.32. The topological polar surface area (TPSA) is 32.7 Å². The average Bonchev–Trinajstić information content (AvgIpc) is 2.71. The summed E-state index contributed by atoms with van der Waals surface area (Å²) in [5.74, 6) is 0.917.